The molecule has 0 bridgehead atoms. The molecular formula is C14H15BrN2O2S. The largest absolute Gasteiger partial charge is 0.463 e. The number of esters is 1. The number of hydrogen-bond acceptors (Lipinski definition) is 3. The molecule has 0 saturated heterocycles. The molecule has 0 aliphatic carbocycles. The number of hydrogen-bond donors (Lipinski definition) is 2. The van der Waals surface area contributed by atoms with Crippen LogP contribution in [0.1, 0.15) is 25.5 Å². The molecule has 2 rings (SSSR count). The lowest BCUT2D eigenvalue weighted by molar-refractivity contribution is -0.139. The predicted molar refractivity (Wildman–Crippen MR) is 85.1 cm³/mol. The SMILES string of the molecule is CCOC(=O)C1=C(C)NC(=S)N[C@@H]1c1cccc(Br)c1. The first kappa shape index (κ1) is 15.0. The van der Waals surface area contributed by atoms with Crippen molar-refractivity contribution in [3.8, 4) is 0 Å². The second-order valence-corrected chi connectivity index (χ2v) is 5.67. The van der Waals surface area contributed by atoms with E-state index in [1.807, 2.05) is 31.2 Å². The van der Waals surface area contributed by atoms with Gasteiger partial charge in [-0.25, -0.2) is 4.79 Å². The summed E-state index contributed by atoms with van der Waals surface area (Å²) in [5.41, 5.74) is 2.22. The fourth-order valence-corrected chi connectivity index (χ4v) is 2.80. The lowest BCUT2D eigenvalue weighted by atomic mass is 9.96. The molecule has 1 aromatic carbocycles. The molecule has 1 heterocycles. The van der Waals surface area contributed by atoms with E-state index in [-0.39, 0.29) is 12.0 Å². The third-order valence-electron chi connectivity index (χ3n) is 2.95. The highest BCUT2D eigenvalue weighted by molar-refractivity contribution is 9.10. The summed E-state index contributed by atoms with van der Waals surface area (Å²) in [6, 6.07) is 7.45. The number of benzene rings is 1. The van der Waals surface area contributed by atoms with E-state index in [2.05, 4.69) is 26.6 Å². The zero-order chi connectivity index (χ0) is 14.7. The van der Waals surface area contributed by atoms with Crippen molar-refractivity contribution in [1.29, 1.82) is 0 Å². The molecule has 0 fully saturated rings. The number of allylic oxidation sites excluding steroid dienone is 1. The van der Waals surface area contributed by atoms with E-state index >= 15 is 0 Å². The lowest BCUT2D eigenvalue weighted by Crippen LogP contribution is -2.45. The molecule has 0 unspecified atom stereocenters. The van der Waals surface area contributed by atoms with E-state index in [9.17, 15) is 4.79 Å². The van der Waals surface area contributed by atoms with E-state index in [1.54, 1.807) is 6.92 Å². The lowest BCUT2D eigenvalue weighted by Gasteiger charge is -2.29. The topological polar surface area (TPSA) is 50.4 Å². The first-order valence-corrected chi connectivity index (χ1v) is 7.44. The van der Waals surface area contributed by atoms with Crippen LogP contribution in [-0.2, 0) is 9.53 Å². The Balaban J connectivity index is 2.44. The van der Waals surface area contributed by atoms with Crippen LogP contribution in [0.3, 0.4) is 0 Å². The minimum atomic E-state index is -0.336. The first-order valence-electron chi connectivity index (χ1n) is 6.23. The minimum absolute atomic E-state index is 0.305. The van der Waals surface area contributed by atoms with Crippen molar-refractivity contribution in [3.05, 3.63) is 45.6 Å². The van der Waals surface area contributed by atoms with Gasteiger partial charge in [0, 0.05) is 10.2 Å². The molecule has 0 radical (unpaired) electrons. The van der Waals surface area contributed by atoms with E-state index < -0.39 is 0 Å². The summed E-state index contributed by atoms with van der Waals surface area (Å²) in [5, 5.41) is 6.59. The maximum Gasteiger partial charge on any atom is 0.338 e. The Bertz CT molecular complexity index is 586. The van der Waals surface area contributed by atoms with Gasteiger partial charge in [-0.05, 0) is 43.8 Å². The molecule has 6 heteroatoms. The van der Waals surface area contributed by atoms with Crippen LogP contribution in [0.4, 0.5) is 0 Å². The number of nitrogens with one attached hydrogen (secondary N) is 2. The van der Waals surface area contributed by atoms with Crippen molar-refractivity contribution in [2.45, 2.75) is 19.9 Å². The van der Waals surface area contributed by atoms with Crippen molar-refractivity contribution in [3.63, 3.8) is 0 Å². The first-order chi connectivity index (χ1) is 9.52. The molecule has 0 spiro atoms. The Morgan fingerprint density at radius 3 is 2.90 bits per heavy atom. The fourth-order valence-electron chi connectivity index (χ4n) is 2.11. The Hall–Kier alpha value is -1.40. The number of halogens is 1. The van der Waals surface area contributed by atoms with Gasteiger partial charge in [0.2, 0.25) is 0 Å². The zero-order valence-electron chi connectivity index (χ0n) is 11.2. The monoisotopic (exact) mass is 354 g/mol. The fraction of sp³-hybridized carbons (Fsp3) is 0.286. The molecule has 4 nitrogen and oxygen atoms in total. The molecular weight excluding hydrogens is 340 g/mol. The smallest absolute Gasteiger partial charge is 0.338 e. The zero-order valence-corrected chi connectivity index (χ0v) is 13.6. The van der Waals surface area contributed by atoms with Crippen LogP contribution in [0.15, 0.2) is 40.0 Å². The van der Waals surface area contributed by atoms with Crippen LogP contribution in [0.5, 0.6) is 0 Å². The third kappa shape index (κ3) is 3.19. The Morgan fingerprint density at radius 1 is 1.50 bits per heavy atom. The van der Waals surface area contributed by atoms with Gasteiger partial charge in [-0.3, -0.25) is 0 Å². The maximum atomic E-state index is 12.2. The molecule has 1 atom stereocenters. The summed E-state index contributed by atoms with van der Waals surface area (Å²) in [6.45, 7) is 3.95. The van der Waals surface area contributed by atoms with Crippen LogP contribution < -0.4 is 10.6 Å². The van der Waals surface area contributed by atoms with Crippen LogP contribution in [0, 0.1) is 0 Å². The standard InChI is InChI=1S/C14H15BrN2O2S/c1-3-19-13(18)11-8(2)16-14(20)17-12(11)9-5-4-6-10(15)7-9/h4-7,12H,3H2,1-2H3,(H2,16,17,20)/t12-/m1/s1. The van der Waals surface area contributed by atoms with Crippen molar-refractivity contribution < 1.29 is 9.53 Å². The molecule has 1 aliphatic rings. The number of rotatable bonds is 3. The van der Waals surface area contributed by atoms with Gasteiger partial charge in [0.25, 0.3) is 0 Å². The van der Waals surface area contributed by atoms with Gasteiger partial charge in [0.1, 0.15) is 0 Å². The highest BCUT2D eigenvalue weighted by atomic mass is 79.9. The van der Waals surface area contributed by atoms with Gasteiger partial charge in [0.05, 0.1) is 18.2 Å². The van der Waals surface area contributed by atoms with Crippen molar-refractivity contribution >= 4 is 39.2 Å². The van der Waals surface area contributed by atoms with Crippen molar-refractivity contribution in [2.24, 2.45) is 0 Å². The van der Waals surface area contributed by atoms with Crippen LogP contribution in [0.2, 0.25) is 0 Å². The number of ether oxygens (including phenoxy) is 1. The highest BCUT2D eigenvalue weighted by Gasteiger charge is 2.30. The Labute approximate surface area is 131 Å². The van der Waals surface area contributed by atoms with Crippen LogP contribution in [-0.4, -0.2) is 17.7 Å². The van der Waals surface area contributed by atoms with Crippen LogP contribution in [0.25, 0.3) is 0 Å². The molecule has 1 aliphatic heterocycles. The van der Waals surface area contributed by atoms with Gasteiger partial charge in [-0.2, -0.15) is 0 Å². The second-order valence-electron chi connectivity index (χ2n) is 4.35. The predicted octanol–water partition coefficient (Wildman–Crippen LogP) is 2.81. The van der Waals surface area contributed by atoms with Crippen molar-refractivity contribution in [2.75, 3.05) is 6.61 Å². The summed E-state index contributed by atoms with van der Waals surface area (Å²) < 4.78 is 6.08. The number of thiocarbonyl (C=S) groups is 1. The summed E-state index contributed by atoms with van der Waals surface area (Å²) >= 11 is 8.61. The summed E-state index contributed by atoms with van der Waals surface area (Å²) in [6.07, 6.45) is 0. The van der Waals surface area contributed by atoms with Gasteiger partial charge < -0.3 is 15.4 Å². The van der Waals surface area contributed by atoms with E-state index in [4.69, 9.17) is 17.0 Å². The third-order valence-corrected chi connectivity index (χ3v) is 3.66. The Morgan fingerprint density at radius 2 is 2.25 bits per heavy atom. The average molecular weight is 355 g/mol. The van der Waals surface area contributed by atoms with E-state index in [0.717, 1.165) is 15.7 Å². The van der Waals surface area contributed by atoms with Gasteiger partial charge in [-0.15, -0.1) is 0 Å². The molecule has 1 aromatic rings. The molecule has 0 saturated carbocycles. The quantitative estimate of drug-likeness (QED) is 0.645. The van der Waals surface area contributed by atoms with Crippen LogP contribution >= 0.6 is 28.1 Å². The minimum Gasteiger partial charge on any atom is -0.463 e. The van der Waals surface area contributed by atoms with Gasteiger partial charge in [-0.1, -0.05) is 28.1 Å². The average Bonchev–Trinajstić information content (AvgIpc) is 2.37. The second kappa shape index (κ2) is 6.37. The maximum absolute atomic E-state index is 12.2. The van der Waals surface area contributed by atoms with Gasteiger partial charge in [0.15, 0.2) is 5.11 Å². The molecule has 0 aromatic heterocycles. The molecule has 2 N–H and O–H groups in total. The summed E-state index contributed by atoms with van der Waals surface area (Å²) in [7, 11) is 0. The molecule has 20 heavy (non-hydrogen) atoms. The molecule has 0 amide bonds. The number of carbonyl (C=O) groups is 1. The van der Waals surface area contributed by atoms with E-state index in [1.165, 1.54) is 0 Å². The van der Waals surface area contributed by atoms with Crippen molar-refractivity contribution in [1.82, 2.24) is 10.6 Å². The Kier molecular flexibility index (Phi) is 4.77. The van der Waals surface area contributed by atoms with Gasteiger partial charge >= 0.3 is 5.97 Å². The normalized spacial score (nSPS) is 18.4. The summed E-state index contributed by atoms with van der Waals surface area (Å²) in [4.78, 5) is 12.2. The molecule has 106 valence electrons. The number of carbonyl (C=O) groups excluding carboxylic acids is 1. The highest BCUT2D eigenvalue weighted by Crippen LogP contribution is 2.29. The van der Waals surface area contributed by atoms with E-state index in [0.29, 0.717) is 17.3 Å². The summed E-state index contributed by atoms with van der Waals surface area (Å²) in [5.74, 6) is -0.336.